The van der Waals surface area contributed by atoms with Crippen molar-refractivity contribution in [3.63, 3.8) is 0 Å². The minimum atomic E-state index is -1.19. The van der Waals surface area contributed by atoms with Crippen molar-refractivity contribution in [2.75, 3.05) is 5.32 Å². The van der Waals surface area contributed by atoms with Crippen LogP contribution in [0.5, 0.6) is 0 Å². The van der Waals surface area contributed by atoms with E-state index in [0.29, 0.717) is 0 Å². The number of anilines is 2. The third-order valence-electron chi connectivity index (χ3n) is 3.22. The van der Waals surface area contributed by atoms with Gasteiger partial charge in [-0.05, 0) is 31.5 Å². The van der Waals surface area contributed by atoms with Crippen molar-refractivity contribution < 1.29 is 14.3 Å². The van der Waals surface area contributed by atoms with Gasteiger partial charge in [-0.1, -0.05) is 6.07 Å². The molecule has 1 aromatic heterocycles. The van der Waals surface area contributed by atoms with E-state index in [1.54, 1.807) is 13.0 Å². The smallest absolute Gasteiger partial charge is 0.339 e. The lowest BCUT2D eigenvalue weighted by atomic mass is 10.1. The second-order valence-electron chi connectivity index (χ2n) is 4.87. The van der Waals surface area contributed by atoms with Gasteiger partial charge in [-0.15, -0.1) is 0 Å². The number of benzene rings is 1. The summed E-state index contributed by atoms with van der Waals surface area (Å²) in [6, 6.07) is 4.54. The van der Waals surface area contributed by atoms with Gasteiger partial charge >= 0.3 is 5.97 Å². The molecule has 2 rings (SSSR count). The Balaban J connectivity index is 2.60. The van der Waals surface area contributed by atoms with Crippen molar-refractivity contribution in [2.45, 2.75) is 13.8 Å². The molecule has 0 atom stereocenters. The van der Waals surface area contributed by atoms with E-state index in [1.165, 1.54) is 36.9 Å². The molecule has 21 heavy (non-hydrogen) atoms. The third-order valence-corrected chi connectivity index (χ3v) is 3.22. The fourth-order valence-corrected chi connectivity index (χ4v) is 2.07. The molecule has 0 saturated carbocycles. The molecule has 0 amide bonds. The number of nitrogens with one attached hydrogen (secondary N) is 1. The molecule has 0 unspecified atom stereocenters. The molecule has 0 radical (unpaired) electrons. The second-order valence-corrected chi connectivity index (χ2v) is 4.87. The van der Waals surface area contributed by atoms with Gasteiger partial charge in [0.05, 0.1) is 16.9 Å². The first-order valence-electron chi connectivity index (χ1n) is 6.28. The van der Waals surface area contributed by atoms with E-state index in [-0.39, 0.29) is 28.1 Å². The van der Waals surface area contributed by atoms with Crippen LogP contribution in [0.25, 0.3) is 0 Å². The molecule has 0 aliphatic rings. The van der Waals surface area contributed by atoms with E-state index < -0.39 is 11.8 Å². The van der Waals surface area contributed by atoms with E-state index in [4.69, 9.17) is 0 Å². The molecule has 6 heteroatoms. The quantitative estimate of drug-likeness (QED) is 0.911. The number of halogens is 1. The first-order chi connectivity index (χ1) is 9.81. The first-order valence-corrected chi connectivity index (χ1v) is 6.28. The van der Waals surface area contributed by atoms with Crippen LogP contribution >= 0.6 is 0 Å². The van der Waals surface area contributed by atoms with Crippen molar-refractivity contribution in [1.82, 2.24) is 4.57 Å². The van der Waals surface area contributed by atoms with Crippen LogP contribution in [0.4, 0.5) is 15.8 Å². The minimum Gasteiger partial charge on any atom is -0.478 e. The van der Waals surface area contributed by atoms with E-state index in [9.17, 15) is 19.1 Å². The van der Waals surface area contributed by atoms with E-state index in [1.807, 2.05) is 0 Å². The van der Waals surface area contributed by atoms with Crippen LogP contribution in [0.15, 0.2) is 29.2 Å². The Labute approximate surface area is 120 Å². The average molecular weight is 290 g/mol. The van der Waals surface area contributed by atoms with Crippen LogP contribution in [-0.4, -0.2) is 15.6 Å². The summed E-state index contributed by atoms with van der Waals surface area (Å²) >= 11 is 0. The highest BCUT2D eigenvalue weighted by molar-refractivity contribution is 5.95. The largest absolute Gasteiger partial charge is 0.478 e. The Morgan fingerprint density at radius 2 is 2.00 bits per heavy atom. The third kappa shape index (κ3) is 2.79. The van der Waals surface area contributed by atoms with Crippen LogP contribution in [0, 0.1) is 19.7 Å². The fourth-order valence-electron chi connectivity index (χ4n) is 2.07. The molecule has 0 aliphatic carbocycles. The molecular weight excluding hydrogens is 275 g/mol. The van der Waals surface area contributed by atoms with Gasteiger partial charge in [-0.2, -0.15) is 0 Å². The Morgan fingerprint density at radius 3 is 2.57 bits per heavy atom. The van der Waals surface area contributed by atoms with Gasteiger partial charge in [0, 0.05) is 18.8 Å². The molecule has 2 N–H and O–H groups in total. The maximum Gasteiger partial charge on any atom is 0.339 e. The van der Waals surface area contributed by atoms with Crippen LogP contribution in [0.1, 0.15) is 21.5 Å². The number of carbonyl (C=O) groups is 1. The van der Waals surface area contributed by atoms with Gasteiger partial charge in [0.2, 0.25) is 0 Å². The highest BCUT2D eigenvalue weighted by Crippen LogP contribution is 2.25. The molecule has 110 valence electrons. The maximum atomic E-state index is 13.9. The van der Waals surface area contributed by atoms with Gasteiger partial charge in [-0.3, -0.25) is 4.79 Å². The number of hydrogen-bond acceptors (Lipinski definition) is 3. The van der Waals surface area contributed by atoms with Crippen LogP contribution in [0.3, 0.4) is 0 Å². The number of carboxylic acids is 1. The van der Waals surface area contributed by atoms with Crippen LogP contribution in [0.2, 0.25) is 0 Å². The Hall–Kier alpha value is -2.63. The average Bonchev–Trinajstić information content (AvgIpc) is 2.41. The van der Waals surface area contributed by atoms with Gasteiger partial charge < -0.3 is 15.0 Å². The van der Waals surface area contributed by atoms with Crippen molar-refractivity contribution in [1.29, 1.82) is 0 Å². The summed E-state index contributed by atoms with van der Waals surface area (Å²) in [6.07, 6.45) is 1.21. The number of aromatic carboxylic acids is 1. The van der Waals surface area contributed by atoms with E-state index in [2.05, 4.69) is 5.32 Å². The maximum absolute atomic E-state index is 13.9. The molecule has 1 aromatic carbocycles. The number of pyridine rings is 1. The highest BCUT2D eigenvalue weighted by Gasteiger charge is 2.17. The molecule has 1 heterocycles. The molecule has 0 saturated heterocycles. The minimum absolute atomic E-state index is 0.0884. The van der Waals surface area contributed by atoms with E-state index >= 15 is 0 Å². The highest BCUT2D eigenvalue weighted by atomic mass is 19.1. The Morgan fingerprint density at radius 1 is 1.33 bits per heavy atom. The van der Waals surface area contributed by atoms with Gasteiger partial charge in [0.25, 0.3) is 5.56 Å². The van der Waals surface area contributed by atoms with E-state index in [0.717, 1.165) is 5.56 Å². The topological polar surface area (TPSA) is 71.3 Å². The Bertz CT molecular complexity index is 781. The number of aromatic nitrogens is 1. The molecule has 2 aromatic rings. The summed E-state index contributed by atoms with van der Waals surface area (Å²) in [5.74, 6) is -1.70. The van der Waals surface area contributed by atoms with Gasteiger partial charge in [0.15, 0.2) is 0 Å². The monoisotopic (exact) mass is 290 g/mol. The number of carboxylic acid groups (broad SMARTS) is 1. The summed E-state index contributed by atoms with van der Waals surface area (Å²) < 4.78 is 15.1. The number of nitrogens with zero attached hydrogens (tertiary/aromatic N) is 1. The molecule has 0 spiro atoms. The normalized spacial score (nSPS) is 10.5. The summed E-state index contributed by atoms with van der Waals surface area (Å²) in [6.45, 7) is 3.25. The zero-order chi connectivity index (χ0) is 15.7. The summed E-state index contributed by atoms with van der Waals surface area (Å²) in [4.78, 5) is 23.2. The zero-order valence-electron chi connectivity index (χ0n) is 11.9. The molecule has 5 nitrogen and oxygen atoms in total. The van der Waals surface area contributed by atoms with Crippen molar-refractivity contribution >= 4 is 17.3 Å². The summed E-state index contributed by atoms with van der Waals surface area (Å²) in [5.41, 5.74) is 0.770. The van der Waals surface area contributed by atoms with Gasteiger partial charge in [-0.25, -0.2) is 9.18 Å². The SMILES string of the molecule is Cc1ccc(Nc2c(C(=O)O)cn(C)c(=O)c2C)c(F)c1. The number of rotatable bonds is 3. The lowest BCUT2D eigenvalue weighted by Crippen LogP contribution is -2.23. The van der Waals surface area contributed by atoms with Crippen molar-refractivity contribution in [3.8, 4) is 0 Å². The molecule has 0 fully saturated rings. The standard InChI is InChI=1S/C15H15FN2O3/c1-8-4-5-12(11(16)6-8)17-13-9(2)14(19)18(3)7-10(13)15(20)21/h4-7,17H,1-3H3,(H,20,21). The fraction of sp³-hybridized carbons (Fsp3) is 0.200. The zero-order valence-corrected chi connectivity index (χ0v) is 11.9. The van der Waals surface area contributed by atoms with Crippen molar-refractivity contribution in [2.24, 2.45) is 7.05 Å². The van der Waals surface area contributed by atoms with Crippen LogP contribution < -0.4 is 10.9 Å². The van der Waals surface area contributed by atoms with Crippen LogP contribution in [-0.2, 0) is 7.05 Å². The molecule has 0 aliphatic heterocycles. The summed E-state index contributed by atoms with van der Waals surface area (Å²) in [5, 5.41) is 12.0. The summed E-state index contributed by atoms with van der Waals surface area (Å²) in [7, 11) is 1.47. The molecule has 0 bridgehead atoms. The van der Waals surface area contributed by atoms with Crippen molar-refractivity contribution in [3.05, 3.63) is 57.3 Å². The molecular formula is C15H15FN2O3. The lowest BCUT2D eigenvalue weighted by molar-refractivity contribution is 0.0697. The lowest BCUT2D eigenvalue weighted by Gasteiger charge is -2.14. The number of aryl methyl sites for hydroxylation is 2. The second kappa shape index (κ2) is 5.40. The van der Waals surface area contributed by atoms with Gasteiger partial charge in [0.1, 0.15) is 5.82 Å². The first kappa shape index (κ1) is 14.8. The predicted molar refractivity (Wildman–Crippen MR) is 77.8 cm³/mol. The predicted octanol–water partition coefficient (Wildman–Crippen LogP) is 2.58. The number of hydrogen-bond donors (Lipinski definition) is 2. The Kier molecular flexibility index (Phi) is 3.80.